The topological polar surface area (TPSA) is 42.7 Å². The molecule has 0 unspecified atom stereocenters. The van der Waals surface area contributed by atoms with E-state index >= 15 is 0 Å². The van der Waals surface area contributed by atoms with Crippen molar-refractivity contribution in [3.63, 3.8) is 0 Å². The molecule has 1 rings (SSSR count). The maximum Gasteiger partial charge on any atom is 0.134 e. The first-order valence-electron chi connectivity index (χ1n) is 5.31. The maximum absolute atomic E-state index is 4.08. The van der Waals surface area contributed by atoms with Crippen LogP contribution in [0, 0.1) is 5.92 Å². The minimum atomic E-state index is 0.707. The van der Waals surface area contributed by atoms with E-state index in [0.29, 0.717) is 5.92 Å². The molecule has 4 nitrogen and oxygen atoms in total. The van der Waals surface area contributed by atoms with E-state index in [1.807, 2.05) is 0 Å². The maximum atomic E-state index is 4.08. The van der Waals surface area contributed by atoms with Crippen molar-refractivity contribution in [2.45, 2.75) is 33.7 Å². The van der Waals surface area contributed by atoms with E-state index in [4.69, 9.17) is 0 Å². The number of aryl methyl sites for hydroxylation is 1. The monoisotopic (exact) mass is 196 g/mol. The molecule has 1 heterocycles. The van der Waals surface area contributed by atoms with Crippen LogP contribution in [0.3, 0.4) is 0 Å². The second kappa shape index (κ2) is 5.75. The summed E-state index contributed by atoms with van der Waals surface area (Å²) < 4.78 is 2.08. The van der Waals surface area contributed by atoms with Crippen molar-refractivity contribution in [2.75, 3.05) is 13.1 Å². The minimum absolute atomic E-state index is 0.707. The lowest BCUT2D eigenvalue weighted by atomic mass is 10.2. The van der Waals surface area contributed by atoms with Crippen LogP contribution in [0.2, 0.25) is 0 Å². The van der Waals surface area contributed by atoms with Gasteiger partial charge in [0.25, 0.3) is 0 Å². The zero-order chi connectivity index (χ0) is 10.4. The number of nitrogens with zero attached hydrogens (tertiary/aromatic N) is 3. The zero-order valence-corrected chi connectivity index (χ0v) is 9.32. The van der Waals surface area contributed by atoms with Gasteiger partial charge in [0.15, 0.2) is 0 Å². The van der Waals surface area contributed by atoms with Crippen LogP contribution in [0.4, 0.5) is 0 Å². The summed E-state index contributed by atoms with van der Waals surface area (Å²) in [7, 11) is 0. The average Bonchev–Trinajstić information content (AvgIpc) is 2.59. The van der Waals surface area contributed by atoms with Crippen LogP contribution < -0.4 is 5.32 Å². The van der Waals surface area contributed by atoms with Crippen LogP contribution in [0.25, 0.3) is 0 Å². The van der Waals surface area contributed by atoms with Crippen LogP contribution in [0.1, 0.15) is 26.6 Å². The van der Waals surface area contributed by atoms with Crippen LogP contribution in [-0.2, 0) is 13.0 Å². The highest BCUT2D eigenvalue weighted by Gasteiger charge is 2.01. The lowest BCUT2D eigenvalue weighted by Gasteiger charge is -2.07. The molecule has 0 atom stereocenters. The van der Waals surface area contributed by atoms with Crippen molar-refractivity contribution in [1.29, 1.82) is 0 Å². The molecule has 1 N–H and O–H groups in total. The molecule has 0 aliphatic carbocycles. The highest BCUT2D eigenvalue weighted by Crippen LogP contribution is 1.95. The predicted molar refractivity (Wildman–Crippen MR) is 57.1 cm³/mol. The molecule has 0 amide bonds. The first kappa shape index (κ1) is 11.2. The minimum Gasteiger partial charge on any atom is -0.318 e. The SMILES string of the molecule is CCn1cnnc1CCNCC(C)C. The van der Waals surface area contributed by atoms with E-state index in [1.54, 1.807) is 6.33 Å². The first-order chi connectivity index (χ1) is 6.74. The molecule has 1 aromatic rings. The van der Waals surface area contributed by atoms with Crippen molar-refractivity contribution < 1.29 is 0 Å². The van der Waals surface area contributed by atoms with Gasteiger partial charge in [0, 0.05) is 19.5 Å². The second-order valence-corrected chi connectivity index (χ2v) is 3.88. The first-order valence-corrected chi connectivity index (χ1v) is 5.31. The normalized spacial score (nSPS) is 11.1. The highest BCUT2D eigenvalue weighted by atomic mass is 15.3. The van der Waals surface area contributed by atoms with Crippen molar-refractivity contribution in [2.24, 2.45) is 5.92 Å². The summed E-state index contributed by atoms with van der Waals surface area (Å²) in [5.74, 6) is 1.78. The summed E-state index contributed by atoms with van der Waals surface area (Å²) in [4.78, 5) is 0. The molecule has 0 aliphatic heterocycles. The van der Waals surface area contributed by atoms with Gasteiger partial charge in [0.1, 0.15) is 12.2 Å². The van der Waals surface area contributed by atoms with E-state index in [-0.39, 0.29) is 0 Å². The van der Waals surface area contributed by atoms with Gasteiger partial charge < -0.3 is 9.88 Å². The largest absolute Gasteiger partial charge is 0.318 e. The van der Waals surface area contributed by atoms with Gasteiger partial charge >= 0.3 is 0 Å². The number of rotatable bonds is 6. The van der Waals surface area contributed by atoms with E-state index in [0.717, 1.165) is 31.9 Å². The summed E-state index contributed by atoms with van der Waals surface area (Å²) >= 11 is 0. The summed E-state index contributed by atoms with van der Waals surface area (Å²) in [6, 6.07) is 0. The second-order valence-electron chi connectivity index (χ2n) is 3.88. The Morgan fingerprint density at radius 1 is 1.50 bits per heavy atom. The predicted octanol–water partition coefficient (Wildman–Crippen LogP) is 1.09. The van der Waals surface area contributed by atoms with Gasteiger partial charge in [0.05, 0.1) is 0 Å². The molecular weight excluding hydrogens is 176 g/mol. The van der Waals surface area contributed by atoms with Gasteiger partial charge in [-0.1, -0.05) is 13.8 Å². The third-order valence-electron chi connectivity index (χ3n) is 2.11. The lowest BCUT2D eigenvalue weighted by Crippen LogP contribution is -2.23. The Kier molecular flexibility index (Phi) is 4.59. The van der Waals surface area contributed by atoms with E-state index < -0.39 is 0 Å². The Morgan fingerprint density at radius 2 is 2.29 bits per heavy atom. The van der Waals surface area contributed by atoms with Crippen molar-refractivity contribution in [3.8, 4) is 0 Å². The molecule has 0 saturated heterocycles. The van der Waals surface area contributed by atoms with Gasteiger partial charge in [-0.3, -0.25) is 0 Å². The molecule has 1 aromatic heterocycles. The zero-order valence-electron chi connectivity index (χ0n) is 9.32. The Hall–Kier alpha value is -0.900. The van der Waals surface area contributed by atoms with Crippen LogP contribution >= 0.6 is 0 Å². The van der Waals surface area contributed by atoms with Crippen LogP contribution in [-0.4, -0.2) is 27.9 Å². The average molecular weight is 196 g/mol. The third-order valence-corrected chi connectivity index (χ3v) is 2.11. The fourth-order valence-corrected chi connectivity index (χ4v) is 1.33. The van der Waals surface area contributed by atoms with E-state index in [9.17, 15) is 0 Å². The van der Waals surface area contributed by atoms with Gasteiger partial charge in [-0.15, -0.1) is 10.2 Å². The fraction of sp³-hybridized carbons (Fsp3) is 0.800. The number of hydrogen-bond acceptors (Lipinski definition) is 3. The molecule has 4 heteroatoms. The highest BCUT2D eigenvalue weighted by molar-refractivity contribution is 4.86. The molecular formula is C10H20N4. The summed E-state index contributed by atoms with van der Waals surface area (Å²) in [5, 5.41) is 11.4. The molecule has 0 aliphatic rings. The molecule has 0 aromatic carbocycles. The number of hydrogen-bond donors (Lipinski definition) is 1. The summed E-state index contributed by atoms with van der Waals surface area (Å²) in [6.45, 7) is 9.53. The van der Waals surface area contributed by atoms with Crippen LogP contribution in [0.5, 0.6) is 0 Å². The summed E-state index contributed by atoms with van der Waals surface area (Å²) in [6.07, 6.45) is 2.75. The van der Waals surface area contributed by atoms with Crippen molar-refractivity contribution >= 4 is 0 Å². The Morgan fingerprint density at radius 3 is 2.93 bits per heavy atom. The van der Waals surface area contributed by atoms with E-state index in [1.165, 1.54) is 0 Å². The standard InChI is InChI=1S/C10H20N4/c1-4-14-8-12-13-10(14)5-6-11-7-9(2)3/h8-9,11H,4-7H2,1-3H3. The van der Waals surface area contributed by atoms with E-state index in [2.05, 4.69) is 40.9 Å². The molecule has 0 fully saturated rings. The summed E-state index contributed by atoms with van der Waals surface area (Å²) in [5.41, 5.74) is 0. The molecule has 14 heavy (non-hydrogen) atoms. The fourth-order valence-electron chi connectivity index (χ4n) is 1.33. The number of aromatic nitrogens is 3. The van der Waals surface area contributed by atoms with Gasteiger partial charge in [-0.05, 0) is 19.4 Å². The Balaban J connectivity index is 2.24. The third kappa shape index (κ3) is 3.46. The molecule has 0 bridgehead atoms. The molecule has 0 spiro atoms. The molecule has 0 saturated carbocycles. The van der Waals surface area contributed by atoms with Gasteiger partial charge in [-0.2, -0.15) is 0 Å². The van der Waals surface area contributed by atoms with Crippen molar-refractivity contribution in [3.05, 3.63) is 12.2 Å². The lowest BCUT2D eigenvalue weighted by molar-refractivity contribution is 0.544. The van der Waals surface area contributed by atoms with Gasteiger partial charge in [-0.25, -0.2) is 0 Å². The quantitative estimate of drug-likeness (QED) is 0.692. The Bertz CT molecular complexity index is 254. The van der Waals surface area contributed by atoms with Crippen LogP contribution in [0.15, 0.2) is 6.33 Å². The van der Waals surface area contributed by atoms with Crippen molar-refractivity contribution in [1.82, 2.24) is 20.1 Å². The molecule has 80 valence electrons. The smallest absolute Gasteiger partial charge is 0.134 e. The Labute approximate surface area is 85.7 Å². The number of nitrogens with one attached hydrogen (secondary N) is 1. The van der Waals surface area contributed by atoms with Gasteiger partial charge in [0.2, 0.25) is 0 Å². The molecule has 0 radical (unpaired) electrons.